The van der Waals surface area contributed by atoms with Gasteiger partial charge in [-0.2, -0.15) is 5.10 Å². The number of carbonyl (C=O) groups is 2. The van der Waals surface area contributed by atoms with Gasteiger partial charge in [-0.15, -0.1) is 0 Å². The lowest BCUT2D eigenvalue weighted by Gasteiger charge is -2.28. The van der Waals surface area contributed by atoms with Crippen LogP contribution in [0.25, 0.3) is 0 Å². The summed E-state index contributed by atoms with van der Waals surface area (Å²) in [5.41, 5.74) is 5.49. The van der Waals surface area contributed by atoms with Crippen LogP contribution in [-0.2, 0) is 16.1 Å². The van der Waals surface area contributed by atoms with Gasteiger partial charge in [-0.1, -0.05) is 18.2 Å². The lowest BCUT2D eigenvalue weighted by molar-refractivity contribution is -0.136. The molecule has 3 aromatic carbocycles. The number of halogens is 2. The molecule has 0 saturated carbocycles. The van der Waals surface area contributed by atoms with Crippen LogP contribution >= 0.6 is 22.6 Å². The van der Waals surface area contributed by atoms with Crippen LogP contribution in [0.15, 0.2) is 77.0 Å². The second-order valence-electron chi connectivity index (χ2n) is 9.52. The summed E-state index contributed by atoms with van der Waals surface area (Å²) in [4.78, 5) is 24.6. The van der Waals surface area contributed by atoms with E-state index in [9.17, 15) is 19.1 Å². The molecule has 232 valence electrons. The Kier molecular flexibility index (Phi) is 11.4. The first-order valence-corrected chi connectivity index (χ1v) is 14.7. The maximum Gasteiger partial charge on any atom is 0.337 e. The van der Waals surface area contributed by atoms with Crippen LogP contribution in [-0.4, -0.2) is 49.9 Å². The van der Waals surface area contributed by atoms with E-state index >= 15 is 0 Å². The van der Waals surface area contributed by atoms with Gasteiger partial charge in [-0.05, 0) is 95.6 Å². The second-order valence-corrected chi connectivity index (χ2v) is 10.7. The maximum absolute atomic E-state index is 13.1. The van der Waals surface area contributed by atoms with Crippen LogP contribution in [0.5, 0.6) is 17.2 Å². The highest BCUT2D eigenvalue weighted by atomic mass is 127. The number of nitrogens with one attached hydrogen (secondary N) is 3. The van der Waals surface area contributed by atoms with Crippen molar-refractivity contribution < 1.29 is 38.0 Å². The van der Waals surface area contributed by atoms with Gasteiger partial charge in [-0.3, -0.25) is 5.43 Å². The Labute approximate surface area is 267 Å². The van der Waals surface area contributed by atoms with E-state index in [0.29, 0.717) is 41.7 Å². The molecule has 2 amide bonds. The van der Waals surface area contributed by atoms with E-state index in [0.717, 1.165) is 14.7 Å². The zero-order valence-electron chi connectivity index (χ0n) is 24.2. The molecule has 1 heterocycles. The van der Waals surface area contributed by atoms with E-state index in [1.54, 1.807) is 43.5 Å². The highest BCUT2D eigenvalue weighted by molar-refractivity contribution is 14.1. The summed E-state index contributed by atoms with van der Waals surface area (Å²) >= 11 is 2.16. The molecule has 0 bridgehead atoms. The number of allylic oxidation sites excluding steroid dienone is 1. The Morgan fingerprint density at radius 2 is 1.84 bits per heavy atom. The molecular formula is C31H32FIN4O7. The zero-order valence-corrected chi connectivity index (χ0v) is 26.4. The van der Waals surface area contributed by atoms with Crippen molar-refractivity contribution in [3.63, 3.8) is 0 Å². The van der Waals surface area contributed by atoms with Crippen LogP contribution in [0.4, 0.5) is 9.18 Å². The predicted molar refractivity (Wildman–Crippen MR) is 169 cm³/mol. The molecule has 0 radical (unpaired) electrons. The van der Waals surface area contributed by atoms with Gasteiger partial charge in [0.1, 0.15) is 24.8 Å². The number of carbonyl (C=O) groups excluding carboxylic acids is 2. The number of rotatable bonds is 13. The van der Waals surface area contributed by atoms with Crippen molar-refractivity contribution in [3.05, 3.63) is 98.0 Å². The molecule has 13 heteroatoms. The molecule has 1 aliphatic rings. The average Bonchev–Trinajstić information content (AvgIpc) is 3.00. The molecule has 44 heavy (non-hydrogen) atoms. The van der Waals surface area contributed by atoms with Crippen molar-refractivity contribution in [2.24, 2.45) is 5.10 Å². The molecule has 11 nitrogen and oxygen atoms in total. The van der Waals surface area contributed by atoms with E-state index in [1.165, 1.54) is 19.2 Å². The summed E-state index contributed by atoms with van der Waals surface area (Å²) in [6, 6.07) is 15.4. The third-order valence-corrected chi connectivity index (χ3v) is 7.22. The first-order valence-electron chi connectivity index (χ1n) is 13.6. The van der Waals surface area contributed by atoms with Gasteiger partial charge >= 0.3 is 12.0 Å². The number of aliphatic hydroxyl groups is 1. The predicted octanol–water partition coefficient (Wildman–Crippen LogP) is 4.53. The molecule has 0 fully saturated rings. The van der Waals surface area contributed by atoms with Gasteiger partial charge in [0, 0.05) is 5.70 Å². The van der Waals surface area contributed by atoms with Gasteiger partial charge in [0.05, 0.1) is 35.1 Å². The summed E-state index contributed by atoms with van der Waals surface area (Å²) in [7, 11) is 1.27. The number of amides is 2. The van der Waals surface area contributed by atoms with Crippen LogP contribution < -0.4 is 30.3 Å². The van der Waals surface area contributed by atoms with Gasteiger partial charge in [0.2, 0.25) is 0 Å². The monoisotopic (exact) mass is 718 g/mol. The quantitative estimate of drug-likeness (QED) is 0.0665. The van der Waals surface area contributed by atoms with Crippen molar-refractivity contribution in [2.75, 3.05) is 20.3 Å². The van der Waals surface area contributed by atoms with Crippen molar-refractivity contribution in [1.29, 1.82) is 0 Å². The standard InChI is InChI=1S/C31H32FIN4O7/c1-4-42-26-14-21(29-28(30(39)41-3)18(2)35-31(40)36-29)8-12-25(26)44-17-27(38)37-34-15-20-7-11-24(23(33)13-20)43-16-19-5-9-22(32)10-6-19/h5-15,27,29,37-38H,4,16-17H2,1-3H3,(H2,35,36,40)/b34-15-/t27-,29-/m0/s1. The number of hydrogen-bond acceptors (Lipinski definition) is 9. The maximum atomic E-state index is 13.1. The number of hydrazone groups is 1. The molecule has 1 aliphatic heterocycles. The SMILES string of the molecule is CCOc1cc([C@@H]2NC(=O)NC(C)=C2C(=O)OC)ccc1OC[C@H](O)N/N=C\c1ccc(OCc2ccc(F)cc2)c(I)c1. The molecule has 0 aromatic heterocycles. The Hall–Kier alpha value is -4.37. The van der Waals surface area contributed by atoms with E-state index in [4.69, 9.17) is 18.9 Å². The van der Waals surface area contributed by atoms with Gasteiger partial charge in [0.25, 0.3) is 0 Å². The first kappa shape index (κ1) is 32.5. The van der Waals surface area contributed by atoms with Gasteiger partial charge < -0.3 is 34.7 Å². The first-order chi connectivity index (χ1) is 21.2. The third kappa shape index (κ3) is 8.60. The summed E-state index contributed by atoms with van der Waals surface area (Å²) in [5.74, 6) is 0.531. The summed E-state index contributed by atoms with van der Waals surface area (Å²) in [5, 5.41) is 19.8. The summed E-state index contributed by atoms with van der Waals surface area (Å²) in [6.07, 6.45) is 0.412. The molecular weight excluding hydrogens is 686 g/mol. The zero-order chi connectivity index (χ0) is 31.6. The number of benzene rings is 3. The average molecular weight is 719 g/mol. The van der Waals surface area contributed by atoms with Crippen molar-refractivity contribution >= 4 is 40.8 Å². The normalized spacial score (nSPS) is 15.3. The highest BCUT2D eigenvalue weighted by Crippen LogP contribution is 2.35. The largest absolute Gasteiger partial charge is 0.490 e. The fraction of sp³-hybridized carbons (Fsp3) is 0.258. The van der Waals surface area contributed by atoms with Crippen LogP contribution in [0.1, 0.15) is 36.6 Å². The third-order valence-electron chi connectivity index (χ3n) is 6.37. The fourth-order valence-electron chi connectivity index (χ4n) is 4.28. The van der Waals surface area contributed by atoms with E-state index < -0.39 is 24.3 Å². The molecule has 4 rings (SSSR count). The summed E-state index contributed by atoms with van der Waals surface area (Å²) in [6.45, 7) is 3.92. The Bertz CT molecular complexity index is 1550. The molecule has 4 N–H and O–H groups in total. The Morgan fingerprint density at radius 1 is 1.09 bits per heavy atom. The van der Waals surface area contributed by atoms with Crippen LogP contribution in [0, 0.1) is 9.39 Å². The molecule has 0 unspecified atom stereocenters. The van der Waals surface area contributed by atoms with Gasteiger partial charge in [0.15, 0.2) is 17.7 Å². The summed E-state index contributed by atoms with van der Waals surface area (Å²) < 4.78 is 36.2. The fourth-order valence-corrected chi connectivity index (χ4v) is 4.97. The van der Waals surface area contributed by atoms with Crippen LogP contribution in [0.2, 0.25) is 0 Å². The van der Waals surface area contributed by atoms with Crippen molar-refractivity contribution in [1.82, 2.24) is 16.1 Å². The van der Waals surface area contributed by atoms with E-state index in [-0.39, 0.29) is 18.0 Å². The Morgan fingerprint density at radius 3 is 2.55 bits per heavy atom. The number of urea groups is 1. The highest BCUT2D eigenvalue weighted by Gasteiger charge is 2.32. The number of esters is 1. The smallest absolute Gasteiger partial charge is 0.337 e. The molecule has 0 spiro atoms. The van der Waals surface area contributed by atoms with E-state index in [2.05, 4.69) is 43.8 Å². The molecule has 3 aromatic rings. The molecule has 0 aliphatic carbocycles. The molecule has 2 atom stereocenters. The number of methoxy groups -OCH3 is 1. The molecule has 0 saturated heterocycles. The van der Waals surface area contributed by atoms with Crippen molar-refractivity contribution in [3.8, 4) is 17.2 Å². The van der Waals surface area contributed by atoms with Gasteiger partial charge in [-0.25, -0.2) is 14.0 Å². The van der Waals surface area contributed by atoms with Crippen molar-refractivity contribution in [2.45, 2.75) is 32.7 Å². The lowest BCUT2D eigenvalue weighted by atomic mass is 9.95. The topological polar surface area (TPSA) is 140 Å². The van der Waals surface area contributed by atoms with Crippen LogP contribution in [0.3, 0.4) is 0 Å². The number of ether oxygens (including phenoxy) is 4. The number of aliphatic hydroxyl groups excluding tert-OH is 1. The number of nitrogens with zero attached hydrogens (tertiary/aromatic N) is 1. The lowest BCUT2D eigenvalue weighted by Crippen LogP contribution is -2.45. The Balaban J connectivity index is 1.34. The van der Waals surface area contributed by atoms with E-state index in [1.807, 2.05) is 25.1 Å². The minimum absolute atomic E-state index is 0.152. The minimum atomic E-state index is -1.14. The minimum Gasteiger partial charge on any atom is -0.490 e. The second kappa shape index (κ2) is 15.4. The number of hydrogen-bond donors (Lipinski definition) is 4.